The Morgan fingerprint density at radius 1 is 1.12 bits per heavy atom. The number of carbonyl (C=O) groups is 1. The molecule has 0 radical (unpaired) electrons. The number of aryl methyl sites for hydroxylation is 1. The number of carbonyl (C=O) groups excluding carboxylic acids is 1. The molecule has 1 aliphatic heterocycles. The first-order valence-corrected chi connectivity index (χ1v) is 8.58. The highest BCUT2D eigenvalue weighted by Gasteiger charge is 2.16. The molecule has 2 aromatic carbocycles. The third-order valence-corrected chi connectivity index (χ3v) is 4.25. The number of aliphatic hydroxyl groups excluding tert-OH is 1. The molecule has 1 aliphatic rings. The molecular weight excluding hydrogens is 342 g/mol. The molecule has 0 saturated heterocycles. The van der Waals surface area contributed by atoms with Crippen molar-refractivity contribution in [1.82, 2.24) is 5.32 Å². The summed E-state index contributed by atoms with van der Waals surface area (Å²) in [7, 11) is 0. The Hall–Kier alpha value is -2.24. The van der Waals surface area contributed by atoms with Crippen LogP contribution < -0.4 is 14.8 Å². The lowest BCUT2D eigenvalue weighted by Gasteiger charge is -2.20. The van der Waals surface area contributed by atoms with E-state index in [2.05, 4.69) is 5.32 Å². The molecule has 1 heterocycles. The number of halogens is 1. The third kappa shape index (κ3) is 4.87. The van der Waals surface area contributed by atoms with Gasteiger partial charge in [0.05, 0.1) is 6.10 Å². The van der Waals surface area contributed by atoms with Crippen LogP contribution in [0.15, 0.2) is 42.5 Å². The van der Waals surface area contributed by atoms with Crippen LogP contribution in [-0.2, 0) is 11.2 Å². The van der Waals surface area contributed by atoms with Crippen LogP contribution in [0.2, 0.25) is 5.02 Å². The summed E-state index contributed by atoms with van der Waals surface area (Å²) in [5, 5.41) is 13.7. The summed E-state index contributed by atoms with van der Waals surface area (Å²) < 4.78 is 11.0. The second-order valence-corrected chi connectivity index (χ2v) is 6.29. The Balaban J connectivity index is 1.47. The molecule has 6 heteroatoms. The van der Waals surface area contributed by atoms with Crippen molar-refractivity contribution in [1.29, 1.82) is 0 Å². The van der Waals surface area contributed by atoms with E-state index in [1.807, 2.05) is 12.1 Å². The molecule has 1 atom stereocenters. The lowest BCUT2D eigenvalue weighted by molar-refractivity contribution is -0.121. The van der Waals surface area contributed by atoms with Gasteiger partial charge in [0.15, 0.2) is 11.5 Å². The van der Waals surface area contributed by atoms with Crippen molar-refractivity contribution >= 4 is 17.5 Å². The minimum Gasteiger partial charge on any atom is -0.486 e. The maximum absolute atomic E-state index is 12.0. The number of fused-ring (bicyclic) bond motifs is 1. The van der Waals surface area contributed by atoms with Crippen LogP contribution in [0.3, 0.4) is 0 Å². The van der Waals surface area contributed by atoms with Crippen LogP contribution >= 0.6 is 11.6 Å². The normalized spacial score (nSPS) is 14.0. The van der Waals surface area contributed by atoms with Crippen LogP contribution in [0, 0.1) is 0 Å². The highest BCUT2D eigenvalue weighted by atomic mass is 35.5. The van der Waals surface area contributed by atoms with Gasteiger partial charge in [0.2, 0.25) is 5.91 Å². The Morgan fingerprint density at radius 3 is 2.60 bits per heavy atom. The summed E-state index contributed by atoms with van der Waals surface area (Å²) >= 11 is 5.84. The average Bonchev–Trinajstić information content (AvgIpc) is 2.65. The van der Waals surface area contributed by atoms with Crippen molar-refractivity contribution in [3.63, 3.8) is 0 Å². The lowest BCUT2D eigenvalue weighted by Crippen LogP contribution is -2.28. The lowest BCUT2D eigenvalue weighted by atomic mass is 10.1. The third-order valence-electron chi connectivity index (χ3n) is 4.00. The minimum absolute atomic E-state index is 0.105. The summed E-state index contributed by atoms with van der Waals surface area (Å²) in [4.78, 5) is 12.0. The first-order chi connectivity index (χ1) is 12.1. The zero-order chi connectivity index (χ0) is 17.6. The Morgan fingerprint density at radius 2 is 1.84 bits per heavy atom. The summed E-state index contributed by atoms with van der Waals surface area (Å²) in [6.07, 6.45) is 0.189. The van der Waals surface area contributed by atoms with Crippen LogP contribution in [0.25, 0.3) is 0 Å². The van der Waals surface area contributed by atoms with Gasteiger partial charge in [0, 0.05) is 18.0 Å². The molecule has 0 aliphatic carbocycles. The minimum atomic E-state index is -0.796. The van der Waals surface area contributed by atoms with Crippen molar-refractivity contribution in [3.05, 3.63) is 58.6 Å². The van der Waals surface area contributed by atoms with Crippen molar-refractivity contribution < 1.29 is 19.4 Å². The molecule has 3 rings (SSSR count). The van der Waals surface area contributed by atoms with Crippen LogP contribution in [0.4, 0.5) is 0 Å². The van der Waals surface area contributed by atoms with E-state index >= 15 is 0 Å². The van der Waals surface area contributed by atoms with Gasteiger partial charge in [0.25, 0.3) is 0 Å². The maximum Gasteiger partial charge on any atom is 0.220 e. The molecule has 0 aromatic heterocycles. The number of amides is 1. The van der Waals surface area contributed by atoms with Gasteiger partial charge >= 0.3 is 0 Å². The number of benzene rings is 2. The maximum atomic E-state index is 12.0. The standard InChI is InChI=1S/C19H20ClNO4/c20-15-5-1-13(2-6-15)3-8-19(23)21-12-16(22)14-4-7-17-18(11-14)25-10-9-24-17/h1-2,4-7,11,16,22H,3,8-10,12H2,(H,21,23). The fourth-order valence-electron chi connectivity index (χ4n) is 2.59. The van der Waals surface area contributed by atoms with E-state index in [4.69, 9.17) is 21.1 Å². The monoisotopic (exact) mass is 361 g/mol. The quantitative estimate of drug-likeness (QED) is 0.830. The van der Waals surface area contributed by atoms with Gasteiger partial charge < -0.3 is 19.9 Å². The fraction of sp³-hybridized carbons (Fsp3) is 0.316. The summed E-state index contributed by atoms with van der Waals surface area (Å²) in [5.74, 6) is 1.19. The molecule has 0 spiro atoms. The molecule has 0 bridgehead atoms. The predicted molar refractivity (Wildman–Crippen MR) is 95.2 cm³/mol. The van der Waals surface area contributed by atoms with Crippen LogP contribution in [0.1, 0.15) is 23.7 Å². The number of ether oxygens (including phenoxy) is 2. The van der Waals surface area contributed by atoms with Crippen molar-refractivity contribution in [3.8, 4) is 11.5 Å². The van der Waals surface area contributed by atoms with Gasteiger partial charge in [0.1, 0.15) is 13.2 Å². The van der Waals surface area contributed by atoms with Crippen LogP contribution in [0.5, 0.6) is 11.5 Å². The number of nitrogens with one attached hydrogen (secondary N) is 1. The first kappa shape index (κ1) is 17.6. The van der Waals surface area contributed by atoms with E-state index < -0.39 is 6.10 Å². The second kappa shape index (κ2) is 8.23. The summed E-state index contributed by atoms with van der Waals surface area (Å²) in [5.41, 5.74) is 1.73. The SMILES string of the molecule is O=C(CCc1ccc(Cl)cc1)NCC(O)c1ccc2c(c1)OCCO2. The van der Waals surface area contributed by atoms with Gasteiger partial charge in [-0.15, -0.1) is 0 Å². The van der Waals surface area contributed by atoms with Gasteiger partial charge in [-0.25, -0.2) is 0 Å². The van der Waals surface area contributed by atoms with Gasteiger partial charge in [-0.3, -0.25) is 4.79 Å². The highest BCUT2D eigenvalue weighted by Crippen LogP contribution is 2.32. The first-order valence-electron chi connectivity index (χ1n) is 8.20. The molecule has 2 aromatic rings. The predicted octanol–water partition coefficient (Wildman–Crippen LogP) is 2.89. The molecular formula is C19H20ClNO4. The number of hydrogen-bond donors (Lipinski definition) is 2. The van der Waals surface area contributed by atoms with Crippen molar-refractivity contribution in [2.45, 2.75) is 18.9 Å². The molecule has 1 unspecified atom stereocenters. The largest absolute Gasteiger partial charge is 0.486 e. The zero-order valence-electron chi connectivity index (χ0n) is 13.7. The number of aliphatic hydroxyl groups is 1. The summed E-state index contributed by atoms with van der Waals surface area (Å²) in [6.45, 7) is 1.17. The number of hydrogen-bond acceptors (Lipinski definition) is 4. The summed E-state index contributed by atoms with van der Waals surface area (Å²) in [6, 6.07) is 12.7. The van der Waals surface area contributed by atoms with Crippen molar-refractivity contribution in [2.24, 2.45) is 0 Å². The Bertz CT molecular complexity index is 733. The number of rotatable bonds is 6. The Kier molecular flexibility index (Phi) is 5.79. The molecule has 0 fully saturated rings. The average molecular weight is 362 g/mol. The van der Waals surface area contributed by atoms with E-state index in [0.29, 0.717) is 48.1 Å². The van der Waals surface area contributed by atoms with Crippen molar-refractivity contribution in [2.75, 3.05) is 19.8 Å². The van der Waals surface area contributed by atoms with Crippen LogP contribution in [-0.4, -0.2) is 30.8 Å². The Labute approximate surface area is 151 Å². The molecule has 132 valence electrons. The molecule has 1 amide bonds. The molecule has 25 heavy (non-hydrogen) atoms. The zero-order valence-corrected chi connectivity index (χ0v) is 14.5. The fourth-order valence-corrected chi connectivity index (χ4v) is 2.72. The molecule has 2 N–H and O–H groups in total. The van der Waals surface area contributed by atoms with E-state index in [0.717, 1.165) is 5.56 Å². The van der Waals surface area contributed by atoms with E-state index in [1.54, 1.807) is 30.3 Å². The van der Waals surface area contributed by atoms with Gasteiger partial charge in [-0.05, 0) is 41.8 Å². The smallest absolute Gasteiger partial charge is 0.220 e. The molecule has 0 saturated carbocycles. The topological polar surface area (TPSA) is 67.8 Å². The van der Waals surface area contributed by atoms with E-state index in [9.17, 15) is 9.90 Å². The van der Waals surface area contributed by atoms with Gasteiger partial charge in [-0.2, -0.15) is 0 Å². The van der Waals surface area contributed by atoms with E-state index in [-0.39, 0.29) is 12.5 Å². The second-order valence-electron chi connectivity index (χ2n) is 5.85. The molecule has 5 nitrogen and oxygen atoms in total. The highest BCUT2D eigenvalue weighted by molar-refractivity contribution is 6.30. The van der Waals surface area contributed by atoms with Gasteiger partial charge in [-0.1, -0.05) is 29.8 Å². The van der Waals surface area contributed by atoms with E-state index in [1.165, 1.54) is 0 Å².